The molecule has 2 aromatic rings. The zero-order valence-electron chi connectivity index (χ0n) is 8.51. The Morgan fingerprint density at radius 2 is 2.25 bits per heavy atom. The van der Waals surface area contributed by atoms with Crippen LogP contribution in [-0.2, 0) is 7.05 Å². The third kappa shape index (κ3) is 2.20. The molecule has 0 saturated heterocycles. The molecule has 6 heteroatoms. The summed E-state index contributed by atoms with van der Waals surface area (Å²) in [6.45, 7) is 0. The molecule has 0 fully saturated rings. The maximum absolute atomic E-state index is 11.8. The number of halogens is 1. The van der Waals surface area contributed by atoms with Crippen molar-refractivity contribution in [3.05, 3.63) is 41.3 Å². The van der Waals surface area contributed by atoms with Crippen LogP contribution in [0.15, 0.2) is 30.6 Å². The van der Waals surface area contributed by atoms with Crippen LogP contribution in [0.2, 0.25) is 5.02 Å². The van der Waals surface area contributed by atoms with E-state index < -0.39 is 0 Å². The number of amides is 1. The van der Waals surface area contributed by atoms with Crippen LogP contribution in [0.25, 0.3) is 0 Å². The van der Waals surface area contributed by atoms with Crippen LogP contribution in [0.5, 0.6) is 0 Å². The average Bonchev–Trinajstić information content (AvgIpc) is 2.64. The van der Waals surface area contributed by atoms with Gasteiger partial charge in [0.2, 0.25) is 0 Å². The fourth-order valence-electron chi connectivity index (χ4n) is 1.25. The van der Waals surface area contributed by atoms with Gasteiger partial charge in [0.05, 0.1) is 0 Å². The number of pyridine rings is 1. The Bertz CT molecular complexity index is 523. The van der Waals surface area contributed by atoms with Crippen molar-refractivity contribution in [2.45, 2.75) is 0 Å². The van der Waals surface area contributed by atoms with Crippen molar-refractivity contribution in [3.8, 4) is 0 Å². The van der Waals surface area contributed by atoms with Crippen molar-refractivity contribution < 1.29 is 4.79 Å². The molecule has 0 bridgehead atoms. The molecule has 0 spiro atoms. The van der Waals surface area contributed by atoms with Gasteiger partial charge in [-0.3, -0.25) is 9.48 Å². The molecule has 0 aliphatic heterocycles. The second-order valence-corrected chi connectivity index (χ2v) is 3.59. The molecule has 2 heterocycles. The minimum absolute atomic E-state index is 0.269. The molecule has 0 aliphatic carbocycles. The largest absolute Gasteiger partial charge is 0.305 e. The zero-order chi connectivity index (χ0) is 11.5. The number of anilines is 1. The van der Waals surface area contributed by atoms with Crippen molar-refractivity contribution in [1.82, 2.24) is 14.8 Å². The Labute approximate surface area is 97.1 Å². The lowest BCUT2D eigenvalue weighted by atomic mass is 10.4. The number of nitrogens with zero attached hydrogens (tertiary/aromatic N) is 3. The van der Waals surface area contributed by atoms with E-state index in [4.69, 9.17) is 11.6 Å². The lowest BCUT2D eigenvalue weighted by Crippen LogP contribution is -2.16. The first-order chi connectivity index (χ1) is 7.66. The number of hydrogen-bond donors (Lipinski definition) is 1. The number of rotatable bonds is 2. The molecule has 0 atom stereocenters. The molecule has 5 nitrogen and oxygen atoms in total. The molecule has 2 aromatic heterocycles. The van der Waals surface area contributed by atoms with E-state index in [9.17, 15) is 4.79 Å². The van der Waals surface area contributed by atoms with Gasteiger partial charge in [-0.05, 0) is 18.2 Å². The summed E-state index contributed by atoms with van der Waals surface area (Å²) in [5.74, 6) is 0.147. The number of hydrogen-bond acceptors (Lipinski definition) is 3. The second-order valence-electron chi connectivity index (χ2n) is 3.15. The van der Waals surface area contributed by atoms with Crippen molar-refractivity contribution >= 4 is 23.3 Å². The predicted octanol–water partition coefficient (Wildman–Crippen LogP) is 1.72. The van der Waals surface area contributed by atoms with Crippen LogP contribution >= 0.6 is 11.6 Å². The Balaban J connectivity index is 2.17. The summed E-state index contributed by atoms with van der Waals surface area (Å²) in [4.78, 5) is 15.7. The molecule has 1 amide bonds. The molecule has 0 saturated carbocycles. The monoisotopic (exact) mass is 236 g/mol. The fourth-order valence-corrected chi connectivity index (χ4v) is 1.41. The smallest absolute Gasteiger partial charge is 0.275 e. The van der Waals surface area contributed by atoms with E-state index >= 15 is 0 Å². The van der Waals surface area contributed by atoms with Gasteiger partial charge in [-0.25, -0.2) is 4.98 Å². The normalized spacial score (nSPS) is 10.1. The lowest BCUT2D eigenvalue weighted by molar-refractivity contribution is 0.101. The topological polar surface area (TPSA) is 59.8 Å². The van der Waals surface area contributed by atoms with E-state index in [1.165, 1.54) is 10.9 Å². The van der Waals surface area contributed by atoms with Gasteiger partial charge >= 0.3 is 0 Å². The van der Waals surface area contributed by atoms with Crippen LogP contribution in [0.3, 0.4) is 0 Å². The minimum Gasteiger partial charge on any atom is -0.305 e. The zero-order valence-corrected chi connectivity index (χ0v) is 9.27. The highest BCUT2D eigenvalue weighted by Crippen LogP contribution is 2.12. The Morgan fingerprint density at radius 3 is 2.88 bits per heavy atom. The van der Waals surface area contributed by atoms with Gasteiger partial charge in [0.1, 0.15) is 11.5 Å². The fraction of sp³-hybridized carbons (Fsp3) is 0.100. The van der Waals surface area contributed by atoms with Crippen LogP contribution in [0.1, 0.15) is 10.5 Å². The van der Waals surface area contributed by atoms with Crippen LogP contribution < -0.4 is 5.32 Å². The molecule has 0 radical (unpaired) electrons. The summed E-state index contributed by atoms with van der Waals surface area (Å²) >= 11 is 5.78. The first-order valence-electron chi connectivity index (χ1n) is 4.58. The lowest BCUT2D eigenvalue weighted by Gasteiger charge is -2.04. The predicted molar refractivity (Wildman–Crippen MR) is 60.4 cm³/mol. The second kappa shape index (κ2) is 4.32. The molecule has 82 valence electrons. The molecule has 0 aliphatic rings. The number of aryl methyl sites for hydroxylation is 1. The standard InChI is InChI=1S/C10H9ClN4O/c1-15-8(3-5-13-15)10(16)14-9-6-7(11)2-4-12-9/h2-6H,1H3,(H,12,14,16). The van der Waals surface area contributed by atoms with Crippen LogP contribution in [0.4, 0.5) is 5.82 Å². The first kappa shape index (κ1) is 10.6. The van der Waals surface area contributed by atoms with Crippen molar-refractivity contribution in [1.29, 1.82) is 0 Å². The highest BCUT2D eigenvalue weighted by Gasteiger charge is 2.10. The summed E-state index contributed by atoms with van der Waals surface area (Å²) in [7, 11) is 1.69. The summed E-state index contributed by atoms with van der Waals surface area (Å²) in [6, 6.07) is 4.84. The summed E-state index contributed by atoms with van der Waals surface area (Å²) in [5, 5.41) is 7.06. The van der Waals surface area contributed by atoms with Crippen LogP contribution in [-0.4, -0.2) is 20.7 Å². The minimum atomic E-state index is -0.269. The van der Waals surface area contributed by atoms with Crippen molar-refractivity contribution in [2.24, 2.45) is 7.05 Å². The molecular weight excluding hydrogens is 228 g/mol. The maximum Gasteiger partial charge on any atom is 0.275 e. The number of nitrogens with one attached hydrogen (secondary N) is 1. The highest BCUT2D eigenvalue weighted by atomic mass is 35.5. The van der Waals surface area contributed by atoms with E-state index in [1.54, 1.807) is 31.4 Å². The Kier molecular flexibility index (Phi) is 2.87. The summed E-state index contributed by atoms with van der Waals surface area (Å²) < 4.78 is 1.49. The molecule has 0 aromatic carbocycles. The van der Waals surface area contributed by atoms with Crippen molar-refractivity contribution in [3.63, 3.8) is 0 Å². The molecule has 16 heavy (non-hydrogen) atoms. The Morgan fingerprint density at radius 1 is 1.44 bits per heavy atom. The quantitative estimate of drug-likeness (QED) is 0.864. The molecular formula is C10H9ClN4O. The van der Waals surface area contributed by atoms with Crippen molar-refractivity contribution in [2.75, 3.05) is 5.32 Å². The third-order valence-electron chi connectivity index (χ3n) is 2.02. The van der Waals surface area contributed by atoms with Gasteiger partial charge in [0, 0.05) is 24.5 Å². The average molecular weight is 237 g/mol. The molecule has 0 unspecified atom stereocenters. The van der Waals surface area contributed by atoms with E-state index in [1.807, 2.05) is 0 Å². The van der Waals surface area contributed by atoms with E-state index in [0.29, 0.717) is 16.5 Å². The molecule has 2 rings (SSSR count). The van der Waals surface area contributed by atoms with Crippen LogP contribution in [0, 0.1) is 0 Å². The maximum atomic E-state index is 11.8. The van der Waals surface area contributed by atoms with Gasteiger partial charge in [0.15, 0.2) is 0 Å². The van der Waals surface area contributed by atoms with Gasteiger partial charge < -0.3 is 5.32 Å². The van der Waals surface area contributed by atoms with E-state index in [-0.39, 0.29) is 5.91 Å². The number of carbonyl (C=O) groups is 1. The molecule has 1 N–H and O–H groups in total. The van der Waals surface area contributed by atoms with Gasteiger partial charge in [-0.1, -0.05) is 11.6 Å². The van der Waals surface area contributed by atoms with Gasteiger partial charge in [-0.15, -0.1) is 0 Å². The number of carbonyl (C=O) groups excluding carboxylic acids is 1. The third-order valence-corrected chi connectivity index (χ3v) is 2.25. The van der Waals surface area contributed by atoms with Gasteiger partial charge in [-0.2, -0.15) is 5.10 Å². The Hall–Kier alpha value is -1.88. The summed E-state index contributed by atoms with van der Waals surface area (Å²) in [6.07, 6.45) is 3.08. The highest BCUT2D eigenvalue weighted by molar-refractivity contribution is 6.30. The van der Waals surface area contributed by atoms with E-state index in [0.717, 1.165) is 0 Å². The van der Waals surface area contributed by atoms with E-state index in [2.05, 4.69) is 15.4 Å². The van der Waals surface area contributed by atoms with Gasteiger partial charge in [0.25, 0.3) is 5.91 Å². The summed E-state index contributed by atoms with van der Waals surface area (Å²) in [5.41, 5.74) is 0.460. The number of aromatic nitrogens is 3. The SMILES string of the molecule is Cn1nccc1C(=O)Nc1cc(Cl)ccn1. The first-order valence-corrected chi connectivity index (χ1v) is 4.95.